The van der Waals surface area contributed by atoms with Gasteiger partial charge in [-0.05, 0) is 66.3 Å². The van der Waals surface area contributed by atoms with Crippen molar-refractivity contribution >= 4 is 0 Å². The zero-order chi connectivity index (χ0) is 16.7. The van der Waals surface area contributed by atoms with E-state index in [9.17, 15) is 0 Å². The van der Waals surface area contributed by atoms with Gasteiger partial charge in [0.1, 0.15) is 19.0 Å². The third kappa shape index (κ3) is 2.42. The van der Waals surface area contributed by atoms with Gasteiger partial charge in [0.05, 0.1) is 13.2 Å². The summed E-state index contributed by atoms with van der Waals surface area (Å²) in [5.41, 5.74) is 6.40. The molecule has 0 aliphatic carbocycles. The fourth-order valence-electron chi connectivity index (χ4n) is 3.72. The van der Waals surface area contributed by atoms with E-state index in [1.165, 1.54) is 27.8 Å². The Kier molecular flexibility index (Phi) is 3.85. The van der Waals surface area contributed by atoms with Crippen LogP contribution in [0.25, 0.3) is 0 Å². The summed E-state index contributed by atoms with van der Waals surface area (Å²) in [7, 11) is 1.72. The minimum Gasteiger partial charge on any atom is -0.496 e. The van der Waals surface area contributed by atoms with E-state index in [0.29, 0.717) is 13.2 Å². The van der Waals surface area contributed by atoms with Gasteiger partial charge in [-0.3, -0.25) is 0 Å². The largest absolute Gasteiger partial charge is 0.496 e. The zero-order valence-electron chi connectivity index (χ0n) is 14.4. The molecule has 2 aromatic rings. The molecule has 0 saturated heterocycles. The molecular weight excluding hydrogens is 302 g/mol. The lowest BCUT2D eigenvalue weighted by atomic mass is 9.86. The fraction of sp³-hybridized carbons (Fsp3) is 0.400. The Morgan fingerprint density at radius 1 is 1.00 bits per heavy atom. The Hall–Kier alpha value is -2.20. The second-order valence-electron chi connectivity index (χ2n) is 6.44. The summed E-state index contributed by atoms with van der Waals surface area (Å²) in [6, 6.07) is 8.72. The first-order valence-corrected chi connectivity index (χ1v) is 8.49. The lowest BCUT2D eigenvalue weighted by Crippen LogP contribution is -2.31. The van der Waals surface area contributed by atoms with Crippen molar-refractivity contribution in [2.24, 2.45) is 0 Å². The predicted octanol–water partition coefficient (Wildman–Crippen LogP) is 3.32. The van der Waals surface area contributed by atoms with Crippen molar-refractivity contribution in [1.82, 2.24) is 5.32 Å². The Labute approximate surface area is 142 Å². The summed E-state index contributed by atoms with van der Waals surface area (Å²) in [6.45, 7) is 6.49. The molecule has 2 aliphatic heterocycles. The second-order valence-corrected chi connectivity index (χ2v) is 6.44. The average Bonchev–Trinajstić information content (AvgIpc) is 2.62. The quantitative estimate of drug-likeness (QED) is 0.919. The maximum absolute atomic E-state index is 5.79. The molecule has 1 N–H and O–H groups in total. The summed E-state index contributed by atoms with van der Waals surface area (Å²) in [6.07, 6.45) is 1.01. The summed E-state index contributed by atoms with van der Waals surface area (Å²) < 4.78 is 17.0. The molecule has 0 fully saturated rings. The van der Waals surface area contributed by atoms with E-state index < -0.39 is 0 Å². The highest BCUT2D eigenvalue weighted by molar-refractivity contribution is 5.54. The van der Waals surface area contributed by atoms with Crippen LogP contribution in [0.3, 0.4) is 0 Å². The van der Waals surface area contributed by atoms with Gasteiger partial charge in [0, 0.05) is 6.54 Å². The number of nitrogens with one attached hydrogen (secondary N) is 1. The molecule has 0 saturated carbocycles. The van der Waals surface area contributed by atoms with Gasteiger partial charge in [-0.2, -0.15) is 0 Å². The van der Waals surface area contributed by atoms with Crippen LogP contribution in [0.5, 0.6) is 17.2 Å². The van der Waals surface area contributed by atoms with Gasteiger partial charge < -0.3 is 19.5 Å². The highest BCUT2D eigenvalue weighted by atomic mass is 16.6. The molecule has 1 atom stereocenters. The van der Waals surface area contributed by atoms with Crippen molar-refractivity contribution in [3.05, 3.63) is 52.1 Å². The van der Waals surface area contributed by atoms with Crippen molar-refractivity contribution in [3.63, 3.8) is 0 Å². The molecule has 4 heteroatoms. The maximum Gasteiger partial charge on any atom is 0.161 e. The van der Waals surface area contributed by atoms with Crippen molar-refractivity contribution < 1.29 is 14.2 Å². The van der Waals surface area contributed by atoms with Crippen molar-refractivity contribution in [3.8, 4) is 17.2 Å². The lowest BCUT2D eigenvalue weighted by Gasteiger charge is -2.31. The van der Waals surface area contributed by atoms with E-state index >= 15 is 0 Å². The minimum absolute atomic E-state index is 0.175. The first-order valence-electron chi connectivity index (χ1n) is 8.49. The second kappa shape index (κ2) is 6.02. The third-order valence-corrected chi connectivity index (χ3v) is 5.17. The van der Waals surface area contributed by atoms with E-state index in [1.54, 1.807) is 7.11 Å². The molecule has 2 aliphatic rings. The molecule has 0 spiro atoms. The van der Waals surface area contributed by atoms with Gasteiger partial charge in [-0.25, -0.2) is 0 Å². The zero-order valence-corrected chi connectivity index (χ0v) is 14.4. The van der Waals surface area contributed by atoms with E-state index in [1.807, 2.05) is 0 Å². The number of benzene rings is 2. The lowest BCUT2D eigenvalue weighted by molar-refractivity contribution is 0.171. The normalized spacial score (nSPS) is 18.9. The SMILES string of the molecule is COc1ccc(C2NCCc3cc4c(cc32)OCCO4)c(C)c1C. The van der Waals surface area contributed by atoms with Crippen LogP contribution >= 0.6 is 0 Å². The Morgan fingerprint density at radius 2 is 1.75 bits per heavy atom. The van der Waals surface area contributed by atoms with Gasteiger partial charge in [0.25, 0.3) is 0 Å². The number of ether oxygens (including phenoxy) is 3. The summed E-state index contributed by atoms with van der Waals surface area (Å²) in [5, 5.41) is 3.67. The van der Waals surface area contributed by atoms with Crippen LogP contribution in [0.1, 0.15) is 33.9 Å². The number of rotatable bonds is 2. The van der Waals surface area contributed by atoms with E-state index in [0.717, 1.165) is 30.2 Å². The van der Waals surface area contributed by atoms with Gasteiger partial charge in [-0.15, -0.1) is 0 Å². The molecule has 24 heavy (non-hydrogen) atoms. The molecule has 0 bridgehead atoms. The van der Waals surface area contributed by atoms with Crippen LogP contribution in [0.2, 0.25) is 0 Å². The van der Waals surface area contributed by atoms with Gasteiger partial charge in [-0.1, -0.05) is 6.07 Å². The highest BCUT2D eigenvalue weighted by Crippen LogP contribution is 2.40. The van der Waals surface area contributed by atoms with Crippen molar-refractivity contribution in [2.45, 2.75) is 26.3 Å². The molecular formula is C20H23NO3. The number of hydrogen-bond acceptors (Lipinski definition) is 4. The molecule has 0 amide bonds. The minimum atomic E-state index is 0.175. The van der Waals surface area contributed by atoms with Gasteiger partial charge >= 0.3 is 0 Å². The molecule has 2 aromatic carbocycles. The molecule has 4 rings (SSSR count). The summed E-state index contributed by atoms with van der Waals surface area (Å²) in [4.78, 5) is 0. The smallest absolute Gasteiger partial charge is 0.161 e. The summed E-state index contributed by atoms with van der Waals surface area (Å²) in [5.74, 6) is 2.68. The molecule has 0 radical (unpaired) electrons. The molecule has 126 valence electrons. The first kappa shape index (κ1) is 15.3. The van der Waals surface area contributed by atoms with Crippen molar-refractivity contribution in [2.75, 3.05) is 26.9 Å². The monoisotopic (exact) mass is 325 g/mol. The Morgan fingerprint density at radius 3 is 2.50 bits per heavy atom. The molecule has 4 nitrogen and oxygen atoms in total. The van der Waals surface area contributed by atoms with Crippen LogP contribution in [-0.2, 0) is 6.42 Å². The van der Waals surface area contributed by atoms with E-state index in [-0.39, 0.29) is 6.04 Å². The Balaban J connectivity index is 1.81. The fourth-order valence-corrected chi connectivity index (χ4v) is 3.72. The van der Waals surface area contributed by atoms with Crippen molar-refractivity contribution in [1.29, 1.82) is 0 Å². The van der Waals surface area contributed by atoms with Crippen LogP contribution in [0, 0.1) is 13.8 Å². The van der Waals surface area contributed by atoms with Crippen LogP contribution in [-0.4, -0.2) is 26.9 Å². The van der Waals surface area contributed by atoms with Crippen LogP contribution in [0.4, 0.5) is 0 Å². The molecule has 1 unspecified atom stereocenters. The van der Waals surface area contributed by atoms with Crippen LogP contribution in [0.15, 0.2) is 24.3 Å². The third-order valence-electron chi connectivity index (χ3n) is 5.17. The van der Waals surface area contributed by atoms with E-state index in [4.69, 9.17) is 14.2 Å². The molecule has 0 aromatic heterocycles. The van der Waals surface area contributed by atoms with E-state index in [2.05, 4.69) is 43.4 Å². The van der Waals surface area contributed by atoms with Gasteiger partial charge in [0.15, 0.2) is 11.5 Å². The summed E-state index contributed by atoms with van der Waals surface area (Å²) >= 11 is 0. The topological polar surface area (TPSA) is 39.7 Å². The van der Waals surface area contributed by atoms with Crippen LogP contribution < -0.4 is 19.5 Å². The number of methoxy groups -OCH3 is 1. The number of fused-ring (bicyclic) bond motifs is 2. The predicted molar refractivity (Wildman–Crippen MR) is 93.4 cm³/mol. The highest BCUT2D eigenvalue weighted by Gasteiger charge is 2.26. The molecule has 2 heterocycles. The number of hydrogen-bond donors (Lipinski definition) is 1. The average molecular weight is 325 g/mol. The Bertz CT molecular complexity index is 785. The maximum atomic E-state index is 5.79. The van der Waals surface area contributed by atoms with Gasteiger partial charge in [0.2, 0.25) is 0 Å². The standard InChI is InChI=1S/C20H23NO3/c1-12-13(2)17(22-3)5-4-15(12)20-16-11-19-18(23-8-9-24-19)10-14(16)6-7-21-20/h4-5,10-11,20-21H,6-9H2,1-3H3. The first-order chi connectivity index (χ1) is 11.7.